The van der Waals surface area contributed by atoms with Crippen LogP contribution in [0.5, 0.6) is 0 Å². The number of aromatic nitrogens is 4. The van der Waals surface area contributed by atoms with Crippen LogP contribution in [0.2, 0.25) is 0 Å². The lowest BCUT2D eigenvalue weighted by Gasteiger charge is -2.17. The zero-order valence-electron chi connectivity index (χ0n) is 13.1. The fraction of sp³-hybridized carbons (Fsp3) is 0.545. The summed E-state index contributed by atoms with van der Waals surface area (Å²) in [5.74, 6) is 0. The molecule has 1 saturated heterocycles. The SMILES string of the molecule is Cn1c(=O)[nH]c(=O)c2[nH]c(=O)n([C@@H]3O[C@H](COP(=O)(O)O)[C@@H](O)[C@H]3O)c21. The molecule has 4 atom stereocenters. The van der Waals surface area contributed by atoms with Gasteiger partial charge in [0.05, 0.1) is 6.61 Å². The third-order valence-corrected chi connectivity index (χ3v) is 4.46. The Hall–Kier alpha value is -2.06. The second-order valence-corrected chi connectivity index (χ2v) is 6.89. The number of imidazole rings is 1. The largest absolute Gasteiger partial charge is 0.469 e. The van der Waals surface area contributed by atoms with E-state index in [0.717, 1.165) is 9.13 Å². The first-order valence-corrected chi connectivity index (χ1v) is 8.69. The number of rotatable bonds is 4. The van der Waals surface area contributed by atoms with E-state index in [1.165, 1.54) is 7.05 Å². The van der Waals surface area contributed by atoms with Gasteiger partial charge in [-0.1, -0.05) is 0 Å². The second-order valence-electron chi connectivity index (χ2n) is 5.65. The van der Waals surface area contributed by atoms with Crippen molar-refractivity contribution in [2.45, 2.75) is 24.5 Å². The van der Waals surface area contributed by atoms with E-state index >= 15 is 0 Å². The minimum absolute atomic E-state index is 0.198. The van der Waals surface area contributed by atoms with Gasteiger partial charge in [-0.05, 0) is 0 Å². The van der Waals surface area contributed by atoms with Crippen LogP contribution in [0, 0.1) is 0 Å². The Morgan fingerprint density at radius 1 is 1.15 bits per heavy atom. The van der Waals surface area contributed by atoms with Crippen molar-refractivity contribution in [1.29, 1.82) is 0 Å². The molecule has 0 spiro atoms. The lowest BCUT2D eigenvalue weighted by molar-refractivity contribution is -0.0519. The molecule has 1 aliphatic heterocycles. The number of H-pyrrole nitrogens is 2. The molecule has 15 heteroatoms. The topological polar surface area (TPSA) is 209 Å². The number of fused-ring (bicyclic) bond motifs is 1. The summed E-state index contributed by atoms with van der Waals surface area (Å²) < 4.78 is 22.0. The number of aryl methyl sites for hydroxylation is 1. The number of phosphoric ester groups is 1. The highest BCUT2D eigenvalue weighted by atomic mass is 31.2. The van der Waals surface area contributed by atoms with E-state index in [0.29, 0.717) is 0 Å². The minimum Gasteiger partial charge on any atom is -0.387 e. The molecule has 3 heterocycles. The first-order chi connectivity index (χ1) is 12.0. The Morgan fingerprint density at radius 2 is 1.81 bits per heavy atom. The number of nitrogens with zero attached hydrogens (tertiary/aromatic N) is 2. The number of phosphoric acid groups is 1. The van der Waals surface area contributed by atoms with Gasteiger partial charge in [0.25, 0.3) is 5.56 Å². The maximum Gasteiger partial charge on any atom is 0.469 e. The fourth-order valence-corrected chi connectivity index (χ4v) is 3.09. The van der Waals surface area contributed by atoms with E-state index in [2.05, 4.69) is 9.51 Å². The zero-order chi connectivity index (χ0) is 19.4. The van der Waals surface area contributed by atoms with Crippen LogP contribution < -0.4 is 16.9 Å². The molecule has 14 nitrogen and oxygen atoms in total. The number of nitrogens with one attached hydrogen (secondary N) is 2. The summed E-state index contributed by atoms with van der Waals surface area (Å²) >= 11 is 0. The van der Waals surface area contributed by atoms with Crippen molar-refractivity contribution in [1.82, 2.24) is 19.1 Å². The number of hydrogen-bond acceptors (Lipinski definition) is 8. The van der Waals surface area contributed by atoms with E-state index in [4.69, 9.17) is 14.5 Å². The summed E-state index contributed by atoms with van der Waals surface area (Å²) in [4.78, 5) is 57.5. The maximum absolute atomic E-state index is 12.2. The van der Waals surface area contributed by atoms with Crippen molar-refractivity contribution in [2.75, 3.05) is 6.61 Å². The molecule has 0 bridgehead atoms. The van der Waals surface area contributed by atoms with E-state index in [-0.39, 0.29) is 11.2 Å². The molecule has 0 radical (unpaired) electrons. The summed E-state index contributed by atoms with van der Waals surface area (Å²) in [6, 6.07) is 0. The maximum atomic E-state index is 12.2. The van der Waals surface area contributed by atoms with Crippen molar-refractivity contribution < 1.29 is 33.8 Å². The molecule has 0 amide bonds. The molecule has 1 aliphatic rings. The molecule has 26 heavy (non-hydrogen) atoms. The van der Waals surface area contributed by atoms with Crippen LogP contribution in [-0.2, 0) is 20.9 Å². The molecule has 2 aromatic rings. The van der Waals surface area contributed by atoms with E-state index in [1.54, 1.807) is 0 Å². The predicted molar refractivity (Wildman–Crippen MR) is 82.3 cm³/mol. The zero-order valence-corrected chi connectivity index (χ0v) is 14.0. The molecule has 3 rings (SSSR count). The van der Waals surface area contributed by atoms with Crippen molar-refractivity contribution in [3.63, 3.8) is 0 Å². The van der Waals surface area contributed by atoms with Gasteiger partial charge in [-0.3, -0.25) is 23.9 Å². The third-order valence-electron chi connectivity index (χ3n) is 3.97. The minimum atomic E-state index is -4.85. The number of aromatic amines is 2. The van der Waals surface area contributed by atoms with Crippen LogP contribution in [0.15, 0.2) is 14.4 Å². The lowest BCUT2D eigenvalue weighted by Crippen LogP contribution is -2.36. The second kappa shape index (κ2) is 6.28. The highest BCUT2D eigenvalue weighted by Gasteiger charge is 2.46. The van der Waals surface area contributed by atoms with Gasteiger partial charge in [0.2, 0.25) is 0 Å². The summed E-state index contributed by atoms with van der Waals surface area (Å²) in [6.45, 7) is -0.768. The van der Waals surface area contributed by atoms with Crippen molar-refractivity contribution in [2.24, 2.45) is 7.05 Å². The Balaban J connectivity index is 2.06. The molecule has 0 aromatic carbocycles. The Morgan fingerprint density at radius 3 is 2.42 bits per heavy atom. The summed E-state index contributed by atoms with van der Waals surface area (Å²) in [5.41, 5.74) is -3.05. The first-order valence-electron chi connectivity index (χ1n) is 7.16. The third kappa shape index (κ3) is 3.07. The van der Waals surface area contributed by atoms with Crippen LogP contribution in [0.4, 0.5) is 0 Å². The average Bonchev–Trinajstić information content (AvgIpc) is 3.01. The number of ether oxygens (including phenoxy) is 1. The van der Waals surface area contributed by atoms with Gasteiger partial charge >= 0.3 is 19.2 Å². The molecule has 0 saturated carbocycles. The molecular weight excluding hydrogens is 379 g/mol. The van der Waals surface area contributed by atoms with Gasteiger partial charge in [-0.25, -0.2) is 18.7 Å². The van der Waals surface area contributed by atoms with Crippen molar-refractivity contribution in [3.8, 4) is 0 Å². The molecule has 1 fully saturated rings. The molecule has 0 aliphatic carbocycles. The number of hydrogen-bond donors (Lipinski definition) is 6. The summed E-state index contributed by atoms with van der Waals surface area (Å²) in [7, 11) is -3.59. The van der Waals surface area contributed by atoms with Crippen LogP contribution in [0.3, 0.4) is 0 Å². The number of aliphatic hydroxyl groups is 2. The molecule has 6 N–H and O–H groups in total. The Bertz CT molecular complexity index is 1060. The molecule has 0 unspecified atom stereocenters. The average molecular weight is 394 g/mol. The van der Waals surface area contributed by atoms with Crippen LogP contribution in [-0.4, -0.2) is 64.0 Å². The Labute approximate surface area is 142 Å². The van der Waals surface area contributed by atoms with Gasteiger partial charge < -0.3 is 24.7 Å². The van der Waals surface area contributed by atoms with Crippen molar-refractivity contribution >= 4 is 19.0 Å². The van der Waals surface area contributed by atoms with E-state index < -0.39 is 55.9 Å². The van der Waals surface area contributed by atoms with Gasteiger partial charge in [-0.15, -0.1) is 0 Å². The molecular formula is C11H15N4O10P. The first kappa shape index (κ1) is 18.7. The van der Waals surface area contributed by atoms with Crippen LogP contribution in [0.1, 0.15) is 6.23 Å². The van der Waals surface area contributed by atoms with Crippen LogP contribution >= 0.6 is 7.82 Å². The summed E-state index contributed by atoms with van der Waals surface area (Å²) in [6.07, 6.45) is -6.27. The van der Waals surface area contributed by atoms with E-state index in [1.807, 2.05) is 4.98 Å². The summed E-state index contributed by atoms with van der Waals surface area (Å²) in [5, 5.41) is 20.2. The van der Waals surface area contributed by atoms with Gasteiger partial charge in [0, 0.05) is 7.05 Å². The van der Waals surface area contributed by atoms with Gasteiger partial charge in [0.15, 0.2) is 17.4 Å². The molecule has 2 aromatic heterocycles. The quantitative estimate of drug-likeness (QED) is 0.281. The van der Waals surface area contributed by atoms with Crippen LogP contribution in [0.25, 0.3) is 11.2 Å². The van der Waals surface area contributed by atoms with Crippen molar-refractivity contribution in [3.05, 3.63) is 31.3 Å². The smallest absolute Gasteiger partial charge is 0.387 e. The van der Waals surface area contributed by atoms with Gasteiger partial charge in [-0.2, -0.15) is 0 Å². The number of aliphatic hydroxyl groups excluding tert-OH is 2. The van der Waals surface area contributed by atoms with Gasteiger partial charge in [0.1, 0.15) is 18.3 Å². The Kier molecular flexibility index (Phi) is 4.52. The van der Waals surface area contributed by atoms with E-state index in [9.17, 15) is 29.2 Å². The normalized spacial score (nSPS) is 26.7. The monoisotopic (exact) mass is 394 g/mol. The lowest BCUT2D eigenvalue weighted by atomic mass is 10.1. The fourth-order valence-electron chi connectivity index (χ4n) is 2.75. The highest BCUT2D eigenvalue weighted by molar-refractivity contribution is 7.46. The highest BCUT2D eigenvalue weighted by Crippen LogP contribution is 2.38. The predicted octanol–water partition coefficient (Wildman–Crippen LogP) is -3.55. The molecule has 144 valence electrons. The standard InChI is InChI=1S/C11H15N4O10P/c1-14-8-4(7(18)13-10(14)19)12-11(20)15(8)9-6(17)5(16)3(25-9)2-24-26(21,22)23/h3,5-6,9,16-17H,2H2,1H3,(H,12,20)(H,13,18,19)(H2,21,22,23)/t3-,5-,6-,9-/m1/s1.